The standard InChI is InChI=1S/C46H71N9O11/c1-45(2,3)65-43(63)51-21-9-12-34-40(60)54-35(41(61)52-33(11-7-18-47)39(59)50-20-8-10-31(49)26-32(56)17-19-48)24-29-22-27(13-15-37(29)57)28-14-16-38(58)30(23-28)25-36(42(62)53-34)55-44(64)66-46(4,5)6/h13-16,22-23,31,33-36,57-58H,7-12,17-21,24-26,47-49H2,1-6H3,(H,50,59)(H,51,63)(H,52,61)(H,53,62)(H,54,60)(H,55,64)/t31-,33-,34-,35-,36-/m0/s1. The van der Waals surface area contributed by atoms with Gasteiger partial charge >= 0.3 is 12.2 Å². The maximum absolute atomic E-state index is 14.4. The highest BCUT2D eigenvalue weighted by atomic mass is 16.6. The van der Waals surface area contributed by atoms with Crippen molar-refractivity contribution < 1.29 is 53.2 Å². The third-order valence-electron chi connectivity index (χ3n) is 10.2. The second kappa shape index (κ2) is 25.6. The number of alkyl carbamates (subject to hydrolysis) is 2. The Balaban J connectivity index is 2.02. The van der Waals surface area contributed by atoms with Gasteiger partial charge in [-0.3, -0.25) is 24.0 Å². The lowest BCUT2D eigenvalue weighted by Gasteiger charge is -2.27. The molecule has 20 nitrogen and oxygen atoms in total. The molecule has 20 heteroatoms. The summed E-state index contributed by atoms with van der Waals surface area (Å²) in [6.45, 7) is 10.7. The third-order valence-corrected chi connectivity index (χ3v) is 10.2. The summed E-state index contributed by atoms with van der Waals surface area (Å²) in [6.07, 6.45) is -0.343. The zero-order valence-electron chi connectivity index (χ0n) is 39.1. The topological polar surface area (TPSA) is 329 Å². The van der Waals surface area contributed by atoms with Crippen LogP contribution in [0.25, 0.3) is 11.1 Å². The van der Waals surface area contributed by atoms with Gasteiger partial charge in [-0.25, -0.2) is 9.59 Å². The summed E-state index contributed by atoms with van der Waals surface area (Å²) in [6, 6.07) is 3.58. The zero-order valence-corrected chi connectivity index (χ0v) is 39.1. The smallest absolute Gasteiger partial charge is 0.408 e. The molecule has 0 spiro atoms. The van der Waals surface area contributed by atoms with Crippen molar-refractivity contribution in [3.05, 3.63) is 47.5 Å². The first-order valence-corrected chi connectivity index (χ1v) is 22.4. The summed E-state index contributed by atoms with van der Waals surface area (Å²) in [5.41, 5.74) is 17.2. The van der Waals surface area contributed by atoms with E-state index in [1.54, 1.807) is 65.8 Å². The van der Waals surface area contributed by atoms with Crippen LogP contribution in [0.1, 0.15) is 104 Å². The zero-order chi connectivity index (χ0) is 49.2. The Hall–Kier alpha value is -5.99. The van der Waals surface area contributed by atoms with E-state index in [0.29, 0.717) is 30.4 Å². The summed E-state index contributed by atoms with van der Waals surface area (Å²) in [5.74, 6) is -3.41. The summed E-state index contributed by atoms with van der Waals surface area (Å²) >= 11 is 0. The number of nitrogens with one attached hydrogen (secondary N) is 6. The largest absolute Gasteiger partial charge is 0.508 e. The minimum Gasteiger partial charge on any atom is -0.508 e. The Morgan fingerprint density at radius 1 is 0.758 bits per heavy atom. The highest BCUT2D eigenvalue weighted by Gasteiger charge is 2.33. The van der Waals surface area contributed by atoms with Crippen LogP contribution in [0.3, 0.4) is 0 Å². The molecule has 14 N–H and O–H groups in total. The van der Waals surface area contributed by atoms with E-state index in [1.807, 2.05) is 0 Å². The minimum atomic E-state index is -1.44. The lowest BCUT2D eigenvalue weighted by atomic mass is 9.95. The number of carbonyl (C=O) groups excluding carboxylic acids is 7. The van der Waals surface area contributed by atoms with E-state index >= 15 is 0 Å². The van der Waals surface area contributed by atoms with Gasteiger partial charge in [-0.05, 0) is 140 Å². The van der Waals surface area contributed by atoms with Gasteiger partial charge in [-0.1, -0.05) is 12.1 Å². The van der Waals surface area contributed by atoms with E-state index in [9.17, 15) is 43.8 Å². The molecular formula is C46H71N9O11. The molecule has 0 aliphatic carbocycles. The number of fused-ring (bicyclic) bond motifs is 5. The van der Waals surface area contributed by atoms with Gasteiger partial charge in [0.05, 0.1) is 0 Å². The maximum Gasteiger partial charge on any atom is 0.408 e. The molecule has 0 saturated heterocycles. The van der Waals surface area contributed by atoms with E-state index in [2.05, 4.69) is 31.9 Å². The number of ether oxygens (including phenoxy) is 2. The predicted octanol–water partition coefficient (Wildman–Crippen LogP) is 1.79. The van der Waals surface area contributed by atoms with Crippen LogP contribution in [0.4, 0.5) is 9.59 Å². The number of aromatic hydroxyl groups is 2. The van der Waals surface area contributed by atoms with Crippen LogP contribution in [0.5, 0.6) is 11.5 Å². The number of ketones is 1. The average Bonchev–Trinajstić information content (AvgIpc) is 3.21. The van der Waals surface area contributed by atoms with Crippen LogP contribution in [0.2, 0.25) is 0 Å². The highest BCUT2D eigenvalue weighted by Crippen LogP contribution is 2.31. The first-order valence-electron chi connectivity index (χ1n) is 22.4. The minimum absolute atomic E-state index is 0.0235. The van der Waals surface area contributed by atoms with Crippen molar-refractivity contribution in [2.45, 2.75) is 147 Å². The molecule has 1 heterocycles. The number of amides is 6. The molecule has 0 saturated carbocycles. The van der Waals surface area contributed by atoms with Crippen LogP contribution in [0, 0.1) is 0 Å². The maximum atomic E-state index is 14.4. The highest BCUT2D eigenvalue weighted by molar-refractivity contribution is 5.95. The number of rotatable bonds is 19. The van der Waals surface area contributed by atoms with Crippen molar-refractivity contribution in [3.63, 3.8) is 0 Å². The first-order chi connectivity index (χ1) is 31.0. The summed E-state index contributed by atoms with van der Waals surface area (Å²) in [7, 11) is 0. The lowest BCUT2D eigenvalue weighted by Crippen LogP contribution is -2.59. The molecule has 0 aromatic heterocycles. The Bertz CT molecular complexity index is 2000. The van der Waals surface area contributed by atoms with Crippen molar-refractivity contribution in [2.75, 3.05) is 26.2 Å². The van der Waals surface area contributed by atoms with E-state index in [4.69, 9.17) is 26.7 Å². The number of hydrogen-bond acceptors (Lipinski definition) is 14. The molecule has 366 valence electrons. The predicted molar refractivity (Wildman–Crippen MR) is 247 cm³/mol. The number of benzene rings is 2. The van der Waals surface area contributed by atoms with Gasteiger partial charge in [-0.2, -0.15) is 0 Å². The molecular weight excluding hydrogens is 855 g/mol. The fraction of sp³-hybridized carbons (Fsp3) is 0.587. The molecule has 2 aromatic rings. The van der Waals surface area contributed by atoms with E-state index in [-0.39, 0.29) is 99.5 Å². The molecule has 0 unspecified atom stereocenters. The summed E-state index contributed by atoms with van der Waals surface area (Å²) in [5, 5.41) is 38.2. The van der Waals surface area contributed by atoms with Crippen LogP contribution >= 0.6 is 0 Å². The molecule has 6 amide bonds. The van der Waals surface area contributed by atoms with E-state index in [1.165, 1.54) is 12.1 Å². The molecule has 0 radical (unpaired) electrons. The Morgan fingerprint density at radius 3 is 1.94 bits per heavy atom. The Kier molecular flexibility index (Phi) is 21.1. The number of nitrogens with two attached hydrogens (primary N) is 3. The summed E-state index contributed by atoms with van der Waals surface area (Å²) in [4.78, 5) is 94.1. The fourth-order valence-corrected chi connectivity index (χ4v) is 7.01. The molecule has 5 atom stereocenters. The molecule has 4 bridgehead atoms. The number of hydrogen-bond donors (Lipinski definition) is 11. The van der Waals surface area contributed by atoms with Crippen molar-refractivity contribution >= 4 is 41.6 Å². The van der Waals surface area contributed by atoms with Crippen molar-refractivity contribution in [2.24, 2.45) is 17.2 Å². The first kappa shape index (κ1) is 54.3. The quantitative estimate of drug-likeness (QED) is 0.0896. The summed E-state index contributed by atoms with van der Waals surface area (Å²) < 4.78 is 10.8. The third kappa shape index (κ3) is 19.2. The Labute approximate surface area is 386 Å². The molecule has 66 heavy (non-hydrogen) atoms. The van der Waals surface area contributed by atoms with E-state index < -0.39 is 77.2 Å². The van der Waals surface area contributed by atoms with Gasteiger partial charge in [-0.15, -0.1) is 0 Å². The molecule has 0 fully saturated rings. The second-order valence-corrected chi connectivity index (χ2v) is 18.5. The molecule has 1 aliphatic rings. The second-order valence-electron chi connectivity index (χ2n) is 18.5. The number of phenols is 2. The van der Waals surface area contributed by atoms with Crippen LogP contribution in [0.15, 0.2) is 36.4 Å². The van der Waals surface area contributed by atoms with Gasteiger partial charge in [0.1, 0.15) is 52.7 Å². The van der Waals surface area contributed by atoms with Crippen LogP contribution < -0.4 is 49.1 Å². The normalized spacial score (nSPS) is 17.6. The van der Waals surface area contributed by atoms with E-state index in [0.717, 1.165) is 0 Å². The van der Waals surface area contributed by atoms with Crippen molar-refractivity contribution in [1.82, 2.24) is 31.9 Å². The number of carbonyl (C=O) groups is 7. The fourth-order valence-electron chi connectivity index (χ4n) is 7.01. The van der Waals surface area contributed by atoms with Crippen LogP contribution in [-0.2, 0) is 46.3 Å². The average molecular weight is 926 g/mol. The SMILES string of the molecule is CC(C)(C)OC(=O)NCCC[C@@H]1NC(=O)[C@@H](NC(=O)OC(C)(C)C)Cc2cc(ccc2O)-c2ccc(O)c(c2)C[C@@H](C(=O)N[C@@H](CCCN)C(=O)NCCC[C@H](N)CC(=O)CCN)NC1=O. The van der Waals surface area contributed by atoms with Gasteiger partial charge < -0.3 is 68.8 Å². The number of phenolic OH excluding ortho intramolecular Hbond substituents is 2. The van der Waals surface area contributed by atoms with Crippen LogP contribution in [-0.4, -0.2) is 119 Å². The molecule has 3 rings (SSSR count). The van der Waals surface area contributed by atoms with Crippen molar-refractivity contribution in [3.8, 4) is 22.6 Å². The monoisotopic (exact) mass is 926 g/mol. The lowest BCUT2D eigenvalue weighted by molar-refractivity contribution is -0.134. The Morgan fingerprint density at radius 2 is 1.35 bits per heavy atom. The van der Waals surface area contributed by atoms with Gasteiger partial charge in [0.2, 0.25) is 23.6 Å². The van der Waals surface area contributed by atoms with Gasteiger partial charge in [0.15, 0.2) is 0 Å². The van der Waals surface area contributed by atoms with Gasteiger partial charge in [0, 0.05) is 44.8 Å². The van der Waals surface area contributed by atoms with Gasteiger partial charge in [0.25, 0.3) is 0 Å². The molecule has 1 aliphatic heterocycles. The number of Topliss-reactive ketones (excluding diaryl/α,β-unsaturated/α-hetero) is 1. The molecule has 2 aromatic carbocycles. The van der Waals surface area contributed by atoms with Crippen molar-refractivity contribution in [1.29, 1.82) is 0 Å².